The molecule has 0 saturated heterocycles. The minimum Gasteiger partial charge on any atom is -0.370 e. The lowest BCUT2D eigenvalue weighted by Crippen LogP contribution is -2.41. The summed E-state index contributed by atoms with van der Waals surface area (Å²) in [7, 11) is 0. The molecule has 0 aliphatic heterocycles. The molecule has 8 nitrogen and oxygen atoms in total. The van der Waals surface area contributed by atoms with Gasteiger partial charge in [0.2, 0.25) is 5.89 Å². The zero-order valence-electron chi connectivity index (χ0n) is 20.5. The molecule has 2 saturated carbocycles. The minimum absolute atomic E-state index is 0.0733. The van der Waals surface area contributed by atoms with Gasteiger partial charge in [0.1, 0.15) is 11.5 Å². The van der Waals surface area contributed by atoms with E-state index in [2.05, 4.69) is 29.1 Å². The first-order valence-corrected chi connectivity index (χ1v) is 13.2. The summed E-state index contributed by atoms with van der Waals surface area (Å²) in [5.74, 6) is 0.960. The normalized spacial score (nSPS) is 24.2. The summed E-state index contributed by atoms with van der Waals surface area (Å²) in [5, 5.41) is 9.21. The fourth-order valence-electron chi connectivity index (χ4n) is 5.28. The second-order valence-electron chi connectivity index (χ2n) is 10.3. The van der Waals surface area contributed by atoms with Crippen molar-refractivity contribution in [1.29, 1.82) is 0 Å². The molecule has 2 aliphatic rings. The van der Waals surface area contributed by atoms with E-state index in [0.717, 1.165) is 62.7 Å². The molecule has 10 heteroatoms. The molecule has 5 rings (SSSR count). The summed E-state index contributed by atoms with van der Waals surface area (Å²) >= 11 is 13.0. The van der Waals surface area contributed by atoms with Crippen molar-refractivity contribution in [3.63, 3.8) is 0 Å². The van der Waals surface area contributed by atoms with E-state index in [-0.39, 0.29) is 16.8 Å². The maximum absolute atomic E-state index is 11.5. The van der Waals surface area contributed by atoms with Crippen molar-refractivity contribution in [2.45, 2.75) is 88.8 Å². The van der Waals surface area contributed by atoms with E-state index < -0.39 is 5.91 Å². The number of carbonyl (C=O) groups excluding carboxylic acids is 1. The number of primary amides is 1. The number of nitrogens with zero attached hydrogens (tertiary/aromatic N) is 3. The lowest BCUT2D eigenvalue weighted by Gasteiger charge is -2.43. The van der Waals surface area contributed by atoms with Crippen LogP contribution in [0.15, 0.2) is 27.2 Å². The molecule has 0 spiro atoms. The molecule has 0 atom stereocenters. The first-order valence-electron chi connectivity index (χ1n) is 12.5. The van der Waals surface area contributed by atoms with Gasteiger partial charge in [-0.2, -0.15) is 4.98 Å². The summed E-state index contributed by atoms with van der Waals surface area (Å²) < 4.78 is 17.9. The topological polar surface area (TPSA) is 117 Å². The third-order valence-electron chi connectivity index (χ3n) is 7.62. The highest BCUT2D eigenvalue weighted by molar-refractivity contribution is 6.39. The van der Waals surface area contributed by atoms with Gasteiger partial charge in [-0.3, -0.25) is 4.79 Å². The van der Waals surface area contributed by atoms with Crippen LogP contribution in [0.5, 0.6) is 0 Å². The number of benzene rings is 1. The number of amides is 1. The molecule has 3 aromatic rings. The monoisotopic (exact) mass is 532 g/mol. The van der Waals surface area contributed by atoms with Crippen molar-refractivity contribution in [2.24, 2.45) is 5.73 Å². The molecule has 2 fully saturated rings. The molecular formula is C26H30Cl2N4O4. The zero-order chi connectivity index (χ0) is 25.5. The van der Waals surface area contributed by atoms with Gasteiger partial charge in [0.15, 0.2) is 0 Å². The molecule has 0 radical (unpaired) electrons. The fraction of sp³-hybridized carbons (Fsp3) is 0.538. The van der Waals surface area contributed by atoms with E-state index in [1.807, 2.05) is 6.07 Å². The van der Waals surface area contributed by atoms with Crippen molar-refractivity contribution in [2.75, 3.05) is 0 Å². The van der Waals surface area contributed by atoms with Crippen LogP contribution in [0.2, 0.25) is 10.0 Å². The molecule has 36 heavy (non-hydrogen) atoms. The van der Waals surface area contributed by atoms with Crippen molar-refractivity contribution >= 4 is 29.1 Å². The number of aromatic nitrogens is 3. The number of rotatable bonds is 9. The van der Waals surface area contributed by atoms with Gasteiger partial charge in [-0.05, 0) is 64.0 Å². The number of ether oxygens (including phenoxy) is 1. The summed E-state index contributed by atoms with van der Waals surface area (Å²) in [6.07, 6.45) is 7.20. The lowest BCUT2D eigenvalue weighted by atomic mass is 9.66. The highest BCUT2D eigenvalue weighted by Gasteiger charge is 2.45. The summed E-state index contributed by atoms with van der Waals surface area (Å²) in [4.78, 5) is 15.8. The molecule has 192 valence electrons. The van der Waals surface area contributed by atoms with Gasteiger partial charge in [0.05, 0.1) is 22.3 Å². The second-order valence-corrected chi connectivity index (χ2v) is 11.1. The molecule has 2 heterocycles. The van der Waals surface area contributed by atoms with E-state index in [1.165, 1.54) is 0 Å². The SMILES string of the molecule is CCCC1(c2nc(C(N)=O)no2)CCC(C)(OCc2c(-c3c(Cl)cccc3Cl)noc2C2CC2)CC1. The van der Waals surface area contributed by atoms with Gasteiger partial charge in [0.25, 0.3) is 11.7 Å². The zero-order valence-corrected chi connectivity index (χ0v) is 22.0. The second kappa shape index (κ2) is 9.80. The van der Waals surface area contributed by atoms with Crippen LogP contribution in [-0.4, -0.2) is 26.8 Å². The van der Waals surface area contributed by atoms with Gasteiger partial charge < -0.3 is 19.5 Å². The molecule has 0 unspecified atom stereocenters. The largest absolute Gasteiger partial charge is 0.370 e. The highest BCUT2D eigenvalue weighted by Crippen LogP contribution is 2.49. The van der Waals surface area contributed by atoms with Gasteiger partial charge >= 0.3 is 0 Å². The van der Waals surface area contributed by atoms with Gasteiger partial charge in [-0.25, -0.2) is 0 Å². The molecule has 2 N–H and O–H groups in total. The molecule has 0 bridgehead atoms. The first kappa shape index (κ1) is 25.2. The Bertz CT molecular complexity index is 1240. The maximum Gasteiger partial charge on any atom is 0.290 e. The van der Waals surface area contributed by atoms with Crippen LogP contribution in [0.3, 0.4) is 0 Å². The maximum atomic E-state index is 11.5. The number of nitrogens with two attached hydrogens (primary N) is 1. The number of hydrogen-bond acceptors (Lipinski definition) is 7. The van der Waals surface area contributed by atoms with Crippen LogP contribution in [0.1, 0.15) is 99.0 Å². The van der Waals surface area contributed by atoms with Crippen molar-refractivity contribution in [3.05, 3.63) is 51.3 Å². The van der Waals surface area contributed by atoms with Crippen LogP contribution in [0.4, 0.5) is 0 Å². The average molecular weight is 533 g/mol. The summed E-state index contributed by atoms with van der Waals surface area (Å²) in [5.41, 5.74) is 6.94. The summed E-state index contributed by atoms with van der Waals surface area (Å²) in [6.45, 7) is 4.62. The predicted molar refractivity (Wildman–Crippen MR) is 135 cm³/mol. The third-order valence-corrected chi connectivity index (χ3v) is 8.25. The quantitative estimate of drug-likeness (QED) is 0.329. The lowest BCUT2D eigenvalue weighted by molar-refractivity contribution is -0.0823. The van der Waals surface area contributed by atoms with Crippen molar-refractivity contribution in [1.82, 2.24) is 15.3 Å². The molecule has 1 aromatic carbocycles. The standard InChI is InChI=1S/C26H30Cl2N4O4/c1-3-9-26(24-30-23(22(29)33)32-36-24)12-10-25(2,11-13-26)34-14-16-20(31-35-21(16)15-7-8-15)19-17(27)5-4-6-18(19)28/h4-6,15H,3,7-14H2,1-2H3,(H2,29,33). The molecule has 2 aliphatic carbocycles. The Kier molecular flexibility index (Phi) is 6.87. The van der Waals surface area contributed by atoms with E-state index in [9.17, 15) is 4.79 Å². The minimum atomic E-state index is -0.685. The average Bonchev–Trinajstić information content (AvgIpc) is 3.40. The van der Waals surface area contributed by atoms with Gasteiger partial charge in [0, 0.05) is 22.5 Å². The number of halogens is 2. The molecular weight excluding hydrogens is 503 g/mol. The Morgan fingerprint density at radius 3 is 2.42 bits per heavy atom. The van der Waals surface area contributed by atoms with Crippen molar-refractivity contribution < 1.29 is 18.6 Å². The van der Waals surface area contributed by atoms with E-state index in [0.29, 0.717) is 39.7 Å². The van der Waals surface area contributed by atoms with Gasteiger partial charge in [-0.1, -0.05) is 52.9 Å². The fourth-order valence-corrected chi connectivity index (χ4v) is 5.86. The first-order chi connectivity index (χ1) is 17.3. The number of hydrogen-bond donors (Lipinski definition) is 1. The third kappa shape index (κ3) is 4.78. The highest BCUT2D eigenvalue weighted by atomic mass is 35.5. The van der Waals surface area contributed by atoms with Crippen LogP contribution < -0.4 is 5.73 Å². The molecule has 1 amide bonds. The Morgan fingerprint density at radius 1 is 1.14 bits per heavy atom. The van der Waals surface area contributed by atoms with Crippen LogP contribution in [0, 0.1) is 0 Å². The Labute approximate surface area is 219 Å². The predicted octanol–water partition coefficient (Wildman–Crippen LogP) is 6.60. The van der Waals surface area contributed by atoms with E-state index in [4.69, 9.17) is 42.7 Å². The smallest absolute Gasteiger partial charge is 0.290 e. The van der Waals surface area contributed by atoms with Gasteiger partial charge in [-0.15, -0.1) is 0 Å². The summed E-state index contributed by atoms with van der Waals surface area (Å²) in [6, 6.07) is 5.42. The Balaban J connectivity index is 1.35. The van der Waals surface area contributed by atoms with E-state index in [1.54, 1.807) is 12.1 Å². The van der Waals surface area contributed by atoms with Crippen LogP contribution >= 0.6 is 23.2 Å². The number of carbonyl (C=O) groups is 1. The Hall–Kier alpha value is -2.42. The van der Waals surface area contributed by atoms with Crippen LogP contribution in [-0.2, 0) is 16.8 Å². The Morgan fingerprint density at radius 2 is 1.83 bits per heavy atom. The van der Waals surface area contributed by atoms with Crippen LogP contribution in [0.25, 0.3) is 11.3 Å². The van der Waals surface area contributed by atoms with E-state index >= 15 is 0 Å². The molecule has 2 aromatic heterocycles. The van der Waals surface area contributed by atoms with Crippen molar-refractivity contribution in [3.8, 4) is 11.3 Å².